The van der Waals surface area contributed by atoms with Crippen LogP contribution in [-0.2, 0) is 6.42 Å². The molecule has 0 heterocycles. The summed E-state index contributed by atoms with van der Waals surface area (Å²) in [6.45, 7) is 4.00. The number of nitrogens with one attached hydrogen (secondary N) is 2. The summed E-state index contributed by atoms with van der Waals surface area (Å²) >= 11 is 5.28. The van der Waals surface area contributed by atoms with Crippen molar-refractivity contribution in [1.29, 1.82) is 0 Å². The van der Waals surface area contributed by atoms with Gasteiger partial charge in [-0.3, -0.25) is 0 Å². The largest absolute Gasteiger partial charge is 0.332 e. The second kappa shape index (κ2) is 6.48. The molecule has 0 saturated carbocycles. The third kappa shape index (κ3) is 3.54. The highest BCUT2D eigenvalue weighted by molar-refractivity contribution is 7.80. The van der Waals surface area contributed by atoms with Crippen molar-refractivity contribution in [3.63, 3.8) is 0 Å². The van der Waals surface area contributed by atoms with Gasteiger partial charge in [-0.15, -0.1) is 0 Å². The van der Waals surface area contributed by atoms with Gasteiger partial charge in [0.15, 0.2) is 5.11 Å². The number of anilines is 2. The van der Waals surface area contributed by atoms with Crippen molar-refractivity contribution in [3.05, 3.63) is 59.4 Å². The molecule has 2 rings (SSSR count). The van der Waals surface area contributed by atoms with Crippen LogP contribution in [0.3, 0.4) is 0 Å². The third-order valence-corrected chi connectivity index (χ3v) is 3.30. The van der Waals surface area contributed by atoms with Gasteiger partial charge in [-0.05, 0) is 54.9 Å². The lowest BCUT2D eigenvalue weighted by atomic mass is 10.1. The fourth-order valence-electron chi connectivity index (χ4n) is 1.96. The molecule has 2 nitrogen and oxygen atoms in total. The van der Waals surface area contributed by atoms with E-state index >= 15 is 0 Å². The molecule has 0 bridgehead atoms. The van der Waals surface area contributed by atoms with Crippen molar-refractivity contribution in [3.8, 4) is 0 Å². The Morgan fingerprint density at radius 2 is 1.80 bits per heavy atom. The summed E-state index contributed by atoms with van der Waals surface area (Å²) in [7, 11) is 0. The molecule has 2 aromatic rings. The van der Waals surface area contributed by atoms with E-state index in [1.165, 1.54) is 17.7 Å². The van der Waals surface area contributed by atoms with Crippen molar-refractivity contribution in [2.45, 2.75) is 20.3 Å². The predicted octanol–water partition coefficient (Wildman–Crippen LogP) is 4.51. The van der Waals surface area contributed by atoms with E-state index in [2.05, 4.69) is 23.6 Å². The first-order valence-electron chi connectivity index (χ1n) is 6.52. The van der Waals surface area contributed by atoms with Crippen molar-refractivity contribution >= 4 is 28.7 Å². The maximum absolute atomic E-state index is 13.2. The van der Waals surface area contributed by atoms with Crippen LogP contribution in [0.4, 0.5) is 15.8 Å². The monoisotopic (exact) mass is 288 g/mol. The molecule has 0 aliphatic carbocycles. The maximum atomic E-state index is 13.2. The number of hydrogen-bond acceptors (Lipinski definition) is 1. The van der Waals surface area contributed by atoms with Crippen molar-refractivity contribution in [1.82, 2.24) is 0 Å². The highest BCUT2D eigenvalue weighted by Crippen LogP contribution is 2.18. The average molecular weight is 288 g/mol. The SMILES string of the molecule is CCc1ccccc1NC(=S)Nc1cc(F)ccc1C. The minimum atomic E-state index is -0.283. The van der Waals surface area contributed by atoms with Crippen molar-refractivity contribution in [2.24, 2.45) is 0 Å². The molecule has 4 heteroatoms. The Kier molecular flexibility index (Phi) is 4.69. The average Bonchev–Trinajstić information content (AvgIpc) is 2.43. The van der Waals surface area contributed by atoms with Gasteiger partial charge < -0.3 is 10.6 Å². The maximum Gasteiger partial charge on any atom is 0.175 e. The molecular formula is C16H17FN2S. The van der Waals surface area contributed by atoms with E-state index in [0.29, 0.717) is 10.8 Å². The number of para-hydroxylation sites is 1. The van der Waals surface area contributed by atoms with Crippen LogP contribution in [0, 0.1) is 12.7 Å². The first kappa shape index (κ1) is 14.5. The highest BCUT2D eigenvalue weighted by Gasteiger charge is 2.05. The van der Waals surface area contributed by atoms with Gasteiger partial charge in [-0.1, -0.05) is 31.2 Å². The third-order valence-electron chi connectivity index (χ3n) is 3.09. The zero-order chi connectivity index (χ0) is 14.5. The molecule has 0 atom stereocenters. The van der Waals surface area contributed by atoms with Crippen molar-refractivity contribution < 1.29 is 4.39 Å². The van der Waals surface area contributed by atoms with Crippen LogP contribution in [0.2, 0.25) is 0 Å². The van der Waals surface area contributed by atoms with Crippen LogP contribution in [0.5, 0.6) is 0 Å². The second-order valence-corrected chi connectivity index (χ2v) is 4.96. The van der Waals surface area contributed by atoms with Gasteiger partial charge in [0.1, 0.15) is 5.82 Å². The first-order chi connectivity index (χ1) is 9.60. The van der Waals surface area contributed by atoms with Gasteiger partial charge in [0, 0.05) is 11.4 Å². The highest BCUT2D eigenvalue weighted by atomic mass is 32.1. The standard InChI is InChI=1S/C16H17FN2S/c1-3-12-6-4-5-7-14(12)18-16(20)19-15-10-13(17)9-8-11(15)2/h4-10H,3H2,1-2H3,(H2,18,19,20). The second-order valence-electron chi connectivity index (χ2n) is 4.55. The normalized spacial score (nSPS) is 10.2. The minimum absolute atomic E-state index is 0.283. The fraction of sp³-hybridized carbons (Fsp3) is 0.188. The summed E-state index contributed by atoms with van der Waals surface area (Å²) in [5.74, 6) is -0.283. The van der Waals surface area contributed by atoms with Crippen LogP contribution < -0.4 is 10.6 Å². The first-order valence-corrected chi connectivity index (χ1v) is 6.93. The van der Waals surface area contributed by atoms with E-state index in [4.69, 9.17) is 12.2 Å². The Labute approximate surface area is 124 Å². The van der Waals surface area contributed by atoms with Gasteiger partial charge >= 0.3 is 0 Å². The lowest BCUT2D eigenvalue weighted by Gasteiger charge is -2.14. The topological polar surface area (TPSA) is 24.1 Å². The van der Waals surface area contributed by atoms with E-state index in [-0.39, 0.29) is 5.82 Å². The number of rotatable bonds is 3. The fourth-order valence-corrected chi connectivity index (χ4v) is 2.18. The molecule has 0 aromatic heterocycles. The molecule has 0 aliphatic rings. The summed E-state index contributed by atoms with van der Waals surface area (Å²) in [6.07, 6.45) is 0.921. The van der Waals surface area contributed by atoms with Gasteiger partial charge in [0.2, 0.25) is 0 Å². The molecule has 2 aromatic carbocycles. The summed E-state index contributed by atoms with van der Waals surface area (Å²) < 4.78 is 13.2. The zero-order valence-electron chi connectivity index (χ0n) is 11.5. The Morgan fingerprint density at radius 1 is 1.10 bits per heavy atom. The van der Waals surface area contributed by atoms with Gasteiger partial charge in [-0.2, -0.15) is 0 Å². The van der Waals surface area contributed by atoms with E-state index in [1.807, 2.05) is 25.1 Å². The summed E-state index contributed by atoms with van der Waals surface area (Å²) in [5, 5.41) is 6.64. The van der Waals surface area contributed by atoms with E-state index in [9.17, 15) is 4.39 Å². The number of aryl methyl sites for hydroxylation is 2. The van der Waals surface area contributed by atoms with Crippen molar-refractivity contribution in [2.75, 3.05) is 10.6 Å². The van der Waals surface area contributed by atoms with E-state index < -0.39 is 0 Å². The number of benzene rings is 2. The van der Waals surface area contributed by atoms with Gasteiger partial charge in [0.25, 0.3) is 0 Å². The van der Waals surface area contributed by atoms with Crippen LogP contribution in [-0.4, -0.2) is 5.11 Å². The molecule has 104 valence electrons. The van der Waals surface area contributed by atoms with Crippen LogP contribution >= 0.6 is 12.2 Å². The summed E-state index contributed by atoms with van der Waals surface area (Å²) in [4.78, 5) is 0. The van der Waals surface area contributed by atoms with E-state index in [1.54, 1.807) is 6.07 Å². The summed E-state index contributed by atoms with van der Waals surface area (Å²) in [5.41, 5.74) is 3.78. The Bertz CT molecular complexity index is 626. The summed E-state index contributed by atoms with van der Waals surface area (Å²) in [6, 6.07) is 12.6. The van der Waals surface area contributed by atoms with E-state index in [0.717, 1.165) is 17.7 Å². The Morgan fingerprint density at radius 3 is 2.55 bits per heavy atom. The molecular weight excluding hydrogens is 271 g/mol. The van der Waals surface area contributed by atoms with Crippen LogP contribution in [0.25, 0.3) is 0 Å². The quantitative estimate of drug-likeness (QED) is 0.813. The molecule has 0 amide bonds. The van der Waals surface area contributed by atoms with Crippen LogP contribution in [0.1, 0.15) is 18.1 Å². The molecule has 0 saturated heterocycles. The lowest BCUT2D eigenvalue weighted by molar-refractivity contribution is 0.628. The Hall–Kier alpha value is -1.94. The molecule has 20 heavy (non-hydrogen) atoms. The van der Waals surface area contributed by atoms with Gasteiger partial charge in [-0.25, -0.2) is 4.39 Å². The Balaban J connectivity index is 2.11. The lowest BCUT2D eigenvalue weighted by Crippen LogP contribution is -2.20. The number of hydrogen-bond donors (Lipinski definition) is 2. The minimum Gasteiger partial charge on any atom is -0.332 e. The molecule has 0 aliphatic heterocycles. The number of thiocarbonyl (C=S) groups is 1. The number of halogens is 1. The van der Waals surface area contributed by atoms with Gasteiger partial charge in [0.05, 0.1) is 0 Å². The zero-order valence-corrected chi connectivity index (χ0v) is 12.4. The molecule has 0 unspecified atom stereocenters. The van der Waals surface area contributed by atoms with Crippen LogP contribution in [0.15, 0.2) is 42.5 Å². The molecule has 0 radical (unpaired) electrons. The molecule has 2 N–H and O–H groups in total. The molecule has 0 fully saturated rings. The predicted molar refractivity (Wildman–Crippen MR) is 86.8 cm³/mol. The molecule has 0 spiro atoms. The smallest absolute Gasteiger partial charge is 0.175 e.